The third-order valence-electron chi connectivity index (χ3n) is 5.47. The average molecular weight is 896 g/mol. The molecule has 0 spiro atoms. The van der Waals surface area contributed by atoms with Crippen molar-refractivity contribution in [3.63, 3.8) is 0 Å². The molecule has 202 valence electrons. The van der Waals surface area contributed by atoms with Crippen LogP contribution in [0, 0.1) is 34.0 Å². The number of ether oxygens (including phenoxy) is 1. The lowest BCUT2D eigenvalue weighted by atomic mass is 9.94. The van der Waals surface area contributed by atoms with Crippen LogP contribution in [0.2, 0.25) is 0 Å². The summed E-state index contributed by atoms with van der Waals surface area (Å²) < 4.78 is 96.9. The van der Waals surface area contributed by atoms with Crippen LogP contribution in [0.5, 0.6) is 5.75 Å². The van der Waals surface area contributed by atoms with Crippen LogP contribution in [-0.4, -0.2) is 24.7 Å². The standard InChI is InChI=1S/C25H11F4I3O6S/c26-19-15(20(27)22(29)24(21(19)28)39(35,36)37)9-18(33)13-5-10-3-1-2-4-11(10)6-14(13)25(34)38-23-16(31)7-12(30)8-17(23)32/h1-8H,9H2,(H,35,36,37). The van der Waals surface area contributed by atoms with Crippen molar-refractivity contribution in [2.24, 2.45) is 0 Å². The van der Waals surface area contributed by atoms with Gasteiger partial charge in [0.25, 0.3) is 0 Å². The van der Waals surface area contributed by atoms with E-state index in [-0.39, 0.29) is 16.9 Å². The van der Waals surface area contributed by atoms with Crippen molar-refractivity contribution in [3.05, 3.63) is 99.2 Å². The largest absolute Gasteiger partial charge is 0.421 e. The minimum atomic E-state index is -5.67. The van der Waals surface area contributed by atoms with Gasteiger partial charge in [-0.2, -0.15) is 8.42 Å². The van der Waals surface area contributed by atoms with Crippen LogP contribution in [0.1, 0.15) is 26.3 Å². The highest BCUT2D eigenvalue weighted by Gasteiger charge is 2.33. The maximum absolute atomic E-state index is 14.6. The number of hydrogen-bond donors (Lipinski definition) is 1. The van der Waals surface area contributed by atoms with Gasteiger partial charge in [0.15, 0.2) is 39.7 Å². The highest BCUT2D eigenvalue weighted by Crippen LogP contribution is 2.32. The topological polar surface area (TPSA) is 97.7 Å². The molecule has 4 aromatic carbocycles. The molecule has 0 fully saturated rings. The van der Waals surface area contributed by atoms with Gasteiger partial charge in [-0.05, 0) is 103 Å². The maximum atomic E-state index is 14.6. The monoisotopic (exact) mass is 896 g/mol. The molecule has 0 saturated carbocycles. The molecule has 4 rings (SSSR count). The first kappa shape index (κ1) is 30.1. The zero-order valence-corrected chi connectivity index (χ0v) is 26.2. The lowest BCUT2D eigenvalue weighted by Gasteiger charge is -2.14. The van der Waals surface area contributed by atoms with Crippen LogP contribution in [0.3, 0.4) is 0 Å². The van der Waals surface area contributed by atoms with Gasteiger partial charge >= 0.3 is 16.1 Å². The molecule has 0 radical (unpaired) electrons. The van der Waals surface area contributed by atoms with Gasteiger partial charge in [0.2, 0.25) is 0 Å². The maximum Gasteiger partial charge on any atom is 0.344 e. The number of ketones is 1. The molecule has 0 aliphatic heterocycles. The molecule has 1 N–H and O–H groups in total. The summed E-state index contributed by atoms with van der Waals surface area (Å²) in [5.41, 5.74) is -2.05. The molecular weight excluding hydrogens is 885 g/mol. The van der Waals surface area contributed by atoms with E-state index in [9.17, 15) is 35.6 Å². The fourth-order valence-corrected chi connectivity index (χ4v) is 8.14. The average Bonchev–Trinajstić information content (AvgIpc) is 2.85. The van der Waals surface area contributed by atoms with Crippen molar-refractivity contribution in [1.82, 2.24) is 0 Å². The minimum absolute atomic E-state index is 0.218. The molecule has 6 nitrogen and oxygen atoms in total. The molecule has 0 saturated heterocycles. The van der Waals surface area contributed by atoms with Crippen molar-refractivity contribution in [3.8, 4) is 5.75 Å². The molecule has 0 heterocycles. The second-order valence-electron chi connectivity index (χ2n) is 7.97. The van der Waals surface area contributed by atoms with Gasteiger partial charge in [0.1, 0.15) is 0 Å². The Morgan fingerprint density at radius 1 is 0.795 bits per heavy atom. The van der Waals surface area contributed by atoms with Crippen LogP contribution < -0.4 is 4.74 Å². The number of benzene rings is 4. The normalized spacial score (nSPS) is 11.6. The number of hydrogen-bond acceptors (Lipinski definition) is 5. The van der Waals surface area contributed by atoms with Crippen LogP contribution in [0.25, 0.3) is 10.8 Å². The van der Waals surface area contributed by atoms with Crippen molar-refractivity contribution in [2.45, 2.75) is 11.3 Å². The third-order valence-corrected chi connectivity index (χ3v) is 8.57. The number of Topliss-reactive ketones (excluding diaryl/α,β-unsaturated/α-hetero) is 1. The van der Waals surface area contributed by atoms with E-state index < -0.39 is 62.0 Å². The van der Waals surface area contributed by atoms with E-state index in [0.717, 1.165) is 3.57 Å². The SMILES string of the molecule is O=C(Cc1c(F)c(F)c(S(=O)(=O)O)c(F)c1F)c1cc2ccccc2cc1C(=O)Oc1c(I)cc(I)cc1I. The molecular formula is C25H11F4I3O6S. The summed E-state index contributed by atoms with van der Waals surface area (Å²) in [6.07, 6.45) is -1.28. The number of carbonyl (C=O) groups is 2. The number of halogens is 7. The van der Waals surface area contributed by atoms with Gasteiger partial charge < -0.3 is 4.74 Å². The van der Waals surface area contributed by atoms with E-state index in [4.69, 9.17) is 9.29 Å². The fourth-order valence-electron chi connectivity index (χ4n) is 3.71. The number of fused-ring (bicyclic) bond motifs is 1. The van der Waals surface area contributed by atoms with Crippen molar-refractivity contribution in [2.75, 3.05) is 0 Å². The Bertz CT molecular complexity index is 1760. The molecule has 0 aromatic heterocycles. The number of rotatable bonds is 6. The first-order chi connectivity index (χ1) is 18.2. The third kappa shape index (κ3) is 6.08. The van der Waals surface area contributed by atoms with Gasteiger partial charge in [-0.3, -0.25) is 9.35 Å². The van der Waals surface area contributed by atoms with Gasteiger partial charge in [0, 0.05) is 21.1 Å². The Labute approximate surface area is 259 Å². The second kappa shape index (κ2) is 11.5. The summed E-state index contributed by atoms with van der Waals surface area (Å²) in [7, 11) is -5.67. The second-order valence-corrected chi connectivity index (χ2v) is 12.9. The van der Waals surface area contributed by atoms with Crippen LogP contribution in [-0.2, 0) is 16.5 Å². The number of carbonyl (C=O) groups excluding carboxylic acids is 2. The fraction of sp³-hybridized carbons (Fsp3) is 0.0400. The van der Waals surface area contributed by atoms with Gasteiger partial charge in [-0.25, -0.2) is 22.4 Å². The zero-order valence-electron chi connectivity index (χ0n) is 18.9. The molecule has 0 amide bonds. The minimum Gasteiger partial charge on any atom is -0.421 e. The van der Waals surface area contributed by atoms with Gasteiger partial charge in [-0.15, -0.1) is 0 Å². The highest BCUT2D eigenvalue weighted by molar-refractivity contribution is 14.1. The Kier molecular flexibility index (Phi) is 8.89. The van der Waals surface area contributed by atoms with E-state index in [2.05, 4.69) is 22.6 Å². The molecule has 0 bridgehead atoms. The quantitative estimate of drug-likeness (QED) is 0.0422. The molecule has 0 unspecified atom stereocenters. The predicted molar refractivity (Wildman–Crippen MR) is 158 cm³/mol. The summed E-state index contributed by atoms with van der Waals surface area (Å²) in [5, 5.41) is 0.996. The lowest BCUT2D eigenvalue weighted by Crippen LogP contribution is -2.19. The first-order valence-corrected chi connectivity index (χ1v) is 15.1. The van der Waals surface area contributed by atoms with Gasteiger partial charge in [-0.1, -0.05) is 24.3 Å². The van der Waals surface area contributed by atoms with Crippen molar-refractivity contribution < 1.29 is 44.9 Å². The van der Waals surface area contributed by atoms with Crippen LogP contribution in [0.15, 0.2) is 53.4 Å². The van der Waals surface area contributed by atoms with Crippen molar-refractivity contribution in [1.29, 1.82) is 0 Å². The smallest absolute Gasteiger partial charge is 0.344 e. The summed E-state index contributed by atoms with van der Waals surface area (Å²) in [5.74, 6) is -11.0. The summed E-state index contributed by atoms with van der Waals surface area (Å²) in [4.78, 5) is 24.3. The lowest BCUT2D eigenvalue weighted by molar-refractivity contribution is 0.0727. The Balaban J connectivity index is 1.82. The molecule has 39 heavy (non-hydrogen) atoms. The first-order valence-electron chi connectivity index (χ1n) is 10.5. The summed E-state index contributed by atoms with van der Waals surface area (Å²) in [6.45, 7) is 0. The zero-order chi connectivity index (χ0) is 28.8. The summed E-state index contributed by atoms with van der Waals surface area (Å²) in [6, 6.07) is 12.7. The Hall–Kier alpha value is -1.90. The van der Waals surface area contributed by atoms with E-state index in [1.807, 2.05) is 45.2 Å². The Morgan fingerprint density at radius 3 is 1.77 bits per heavy atom. The number of esters is 1. The van der Waals surface area contributed by atoms with Gasteiger partial charge in [0.05, 0.1) is 12.7 Å². The van der Waals surface area contributed by atoms with E-state index in [1.54, 1.807) is 36.4 Å². The van der Waals surface area contributed by atoms with Crippen LogP contribution >= 0.6 is 67.8 Å². The van der Waals surface area contributed by atoms with Crippen LogP contribution in [0.4, 0.5) is 17.6 Å². The molecule has 0 aliphatic rings. The van der Waals surface area contributed by atoms with E-state index >= 15 is 0 Å². The summed E-state index contributed by atoms with van der Waals surface area (Å²) >= 11 is 6.02. The van der Waals surface area contributed by atoms with E-state index in [0.29, 0.717) is 17.9 Å². The Morgan fingerprint density at radius 2 is 1.28 bits per heavy atom. The highest BCUT2D eigenvalue weighted by atomic mass is 127. The molecule has 4 aromatic rings. The van der Waals surface area contributed by atoms with Crippen molar-refractivity contribution >= 4 is 100 Å². The molecule has 0 atom stereocenters. The van der Waals surface area contributed by atoms with E-state index in [1.165, 1.54) is 12.1 Å². The molecule has 14 heteroatoms. The molecule has 0 aliphatic carbocycles. The predicted octanol–water partition coefficient (Wildman–Crippen LogP) is 7.10.